The molecule has 0 aromatic carbocycles. The van der Waals surface area contributed by atoms with Crippen molar-refractivity contribution >= 4 is 5.91 Å². The summed E-state index contributed by atoms with van der Waals surface area (Å²) in [6.07, 6.45) is 5.20. The Kier molecular flexibility index (Phi) is 3.76. The van der Waals surface area contributed by atoms with Crippen LogP contribution in [0.5, 0.6) is 0 Å². The van der Waals surface area contributed by atoms with Crippen molar-refractivity contribution in [1.29, 1.82) is 0 Å². The standard InChI is InChI=1S/C12H20N4O/c1-3-9-7-5-6-8-16(9)12(17)11-13-10(4-2)14-15-11/h9H,3-8H2,1-2H3,(H,13,14,15). The number of likely N-dealkylation sites (tertiary alicyclic amines) is 1. The quantitative estimate of drug-likeness (QED) is 0.870. The minimum absolute atomic E-state index is 0.0208. The predicted molar refractivity (Wildman–Crippen MR) is 64.7 cm³/mol. The van der Waals surface area contributed by atoms with Crippen LogP contribution in [0.25, 0.3) is 0 Å². The van der Waals surface area contributed by atoms with Gasteiger partial charge in [-0.3, -0.25) is 9.89 Å². The zero-order valence-electron chi connectivity index (χ0n) is 10.6. The number of hydrogen-bond donors (Lipinski definition) is 1. The topological polar surface area (TPSA) is 61.9 Å². The Morgan fingerprint density at radius 3 is 2.94 bits per heavy atom. The van der Waals surface area contributed by atoms with Gasteiger partial charge in [0.25, 0.3) is 5.91 Å². The van der Waals surface area contributed by atoms with Gasteiger partial charge >= 0.3 is 0 Å². The number of piperidine rings is 1. The Hall–Kier alpha value is -1.39. The molecule has 1 amide bonds. The summed E-state index contributed by atoms with van der Waals surface area (Å²) < 4.78 is 0. The van der Waals surface area contributed by atoms with Crippen molar-refractivity contribution in [1.82, 2.24) is 20.1 Å². The number of carbonyl (C=O) groups excluding carboxylic acids is 1. The Balaban J connectivity index is 2.12. The van der Waals surface area contributed by atoms with E-state index in [2.05, 4.69) is 22.1 Å². The molecule has 0 spiro atoms. The lowest BCUT2D eigenvalue weighted by Gasteiger charge is -2.34. The van der Waals surface area contributed by atoms with Gasteiger partial charge in [-0.25, -0.2) is 4.98 Å². The minimum atomic E-state index is -0.0208. The zero-order valence-corrected chi connectivity index (χ0v) is 10.6. The molecule has 2 rings (SSSR count). The first-order chi connectivity index (χ1) is 8.26. The molecule has 1 aliphatic heterocycles. The highest BCUT2D eigenvalue weighted by Crippen LogP contribution is 2.20. The SMILES string of the molecule is CCc1nc(C(=O)N2CCCCC2CC)n[nH]1. The maximum atomic E-state index is 12.3. The van der Waals surface area contributed by atoms with Gasteiger partial charge in [0.2, 0.25) is 5.82 Å². The summed E-state index contributed by atoms with van der Waals surface area (Å²) in [4.78, 5) is 18.4. The largest absolute Gasteiger partial charge is 0.333 e. The molecule has 2 heterocycles. The summed E-state index contributed by atoms with van der Waals surface area (Å²) in [7, 11) is 0. The normalized spacial score (nSPS) is 20.6. The fraction of sp³-hybridized carbons (Fsp3) is 0.750. The van der Waals surface area contributed by atoms with E-state index in [1.54, 1.807) is 0 Å². The molecule has 1 aromatic heterocycles. The third-order valence-electron chi connectivity index (χ3n) is 3.42. The van der Waals surface area contributed by atoms with E-state index in [1.165, 1.54) is 6.42 Å². The molecule has 0 aliphatic carbocycles. The smallest absolute Gasteiger partial charge is 0.293 e. The van der Waals surface area contributed by atoms with Gasteiger partial charge in [0, 0.05) is 19.0 Å². The summed E-state index contributed by atoms with van der Waals surface area (Å²) in [5.41, 5.74) is 0. The number of aromatic amines is 1. The molecule has 0 saturated carbocycles. The second-order valence-corrected chi connectivity index (χ2v) is 4.52. The number of aromatic nitrogens is 3. The third-order valence-corrected chi connectivity index (χ3v) is 3.42. The molecule has 1 N–H and O–H groups in total. The minimum Gasteiger partial charge on any atom is -0.333 e. The Labute approximate surface area is 102 Å². The summed E-state index contributed by atoms with van der Waals surface area (Å²) in [6, 6.07) is 0.361. The lowest BCUT2D eigenvalue weighted by Crippen LogP contribution is -2.43. The number of nitrogens with zero attached hydrogens (tertiary/aromatic N) is 3. The maximum absolute atomic E-state index is 12.3. The molecule has 0 bridgehead atoms. The van der Waals surface area contributed by atoms with Crippen molar-refractivity contribution in [2.75, 3.05) is 6.54 Å². The van der Waals surface area contributed by atoms with Crippen molar-refractivity contribution in [2.24, 2.45) is 0 Å². The van der Waals surface area contributed by atoms with Crippen molar-refractivity contribution in [2.45, 2.75) is 52.0 Å². The molecule has 1 unspecified atom stereocenters. The Bertz CT molecular complexity index is 388. The van der Waals surface area contributed by atoms with Gasteiger partial charge in [-0.2, -0.15) is 0 Å². The highest BCUT2D eigenvalue weighted by molar-refractivity contribution is 5.90. The number of nitrogens with one attached hydrogen (secondary N) is 1. The monoisotopic (exact) mass is 236 g/mol. The number of rotatable bonds is 3. The number of aryl methyl sites for hydroxylation is 1. The average molecular weight is 236 g/mol. The van der Waals surface area contributed by atoms with Gasteiger partial charge in [0.15, 0.2) is 0 Å². The number of amides is 1. The molecule has 17 heavy (non-hydrogen) atoms. The van der Waals surface area contributed by atoms with E-state index in [9.17, 15) is 4.79 Å². The van der Waals surface area contributed by atoms with Crippen LogP contribution >= 0.6 is 0 Å². The first-order valence-corrected chi connectivity index (χ1v) is 6.48. The first kappa shape index (κ1) is 12.1. The van der Waals surface area contributed by atoms with Crippen molar-refractivity contribution in [3.63, 3.8) is 0 Å². The zero-order chi connectivity index (χ0) is 12.3. The van der Waals surface area contributed by atoms with Gasteiger partial charge in [0.05, 0.1) is 0 Å². The highest BCUT2D eigenvalue weighted by atomic mass is 16.2. The summed E-state index contributed by atoms with van der Waals surface area (Å²) >= 11 is 0. The van der Waals surface area contributed by atoms with Crippen molar-refractivity contribution in [3.05, 3.63) is 11.6 Å². The fourth-order valence-electron chi connectivity index (χ4n) is 2.37. The van der Waals surface area contributed by atoms with E-state index in [4.69, 9.17) is 0 Å². The van der Waals surface area contributed by atoms with Crippen LogP contribution in [0.3, 0.4) is 0 Å². The first-order valence-electron chi connectivity index (χ1n) is 6.48. The lowest BCUT2D eigenvalue weighted by atomic mass is 10.00. The van der Waals surface area contributed by atoms with E-state index >= 15 is 0 Å². The number of carbonyl (C=O) groups is 1. The molecule has 1 atom stereocenters. The van der Waals surface area contributed by atoms with Crippen LogP contribution in [0.1, 0.15) is 56.0 Å². The van der Waals surface area contributed by atoms with Gasteiger partial charge < -0.3 is 4.90 Å². The Morgan fingerprint density at radius 2 is 2.29 bits per heavy atom. The molecule has 5 nitrogen and oxygen atoms in total. The number of H-pyrrole nitrogens is 1. The van der Waals surface area contributed by atoms with Crippen LogP contribution in [-0.4, -0.2) is 38.6 Å². The lowest BCUT2D eigenvalue weighted by molar-refractivity contribution is 0.0595. The van der Waals surface area contributed by atoms with E-state index in [1.807, 2.05) is 11.8 Å². The number of hydrogen-bond acceptors (Lipinski definition) is 3. The van der Waals surface area contributed by atoms with Gasteiger partial charge in [-0.15, -0.1) is 5.10 Å². The molecule has 94 valence electrons. The molecule has 1 fully saturated rings. The Morgan fingerprint density at radius 1 is 1.47 bits per heavy atom. The molecule has 0 radical (unpaired) electrons. The van der Waals surface area contributed by atoms with Crippen LogP contribution < -0.4 is 0 Å². The molecular formula is C12H20N4O. The fourth-order valence-corrected chi connectivity index (χ4v) is 2.37. The predicted octanol–water partition coefficient (Wildman–Crippen LogP) is 1.77. The van der Waals surface area contributed by atoms with Crippen LogP contribution in [0, 0.1) is 0 Å². The summed E-state index contributed by atoms with van der Waals surface area (Å²) in [5, 5.41) is 6.80. The van der Waals surface area contributed by atoms with E-state index < -0.39 is 0 Å². The van der Waals surface area contributed by atoms with Crippen LogP contribution in [0.4, 0.5) is 0 Å². The highest BCUT2D eigenvalue weighted by Gasteiger charge is 2.28. The van der Waals surface area contributed by atoms with E-state index in [0.29, 0.717) is 11.9 Å². The van der Waals surface area contributed by atoms with Gasteiger partial charge in [-0.1, -0.05) is 13.8 Å². The second-order valence-electron chi connectivity index (χ2n) is 4.52. The van der Waals surface area contributed by atoms with Crippen molar-refractivity contribution in [3.8, 4) is 0 Å². The maximum Gasteiger partial charge on any atom is 0.293 e. The average Bonchev–Trinajstić information content (AvgIpc) is 2.86. The van der Waals surface area contributed by atoms with Gasteiger partial charge in [0.1, 0.15) is 5.82 Å². The van der Waals surface area contributed by atoms with Gasteiger partial charge in [-0.05, 0) is 25.7 Å². The molecule has 1 aromatic rings. The molecule has 1 aliphatic rings. The van der Waals surface area contributed by atoms with Crippen LogP contribution in [-0.2, 0) is 6.42 Å². The molecule has 1 saturated heterocycles. The third kappa shape index (κ3) is 2.48. The second kappa shape index (κ2) is 5.29. The van der Waals surface area contributed by atoms with E-state index in [-0.39, 0.29) is 5.91 Å². The van der Waals surface area contributed by atoms with Crippen LogP contribution in [0.15, 0.2) is 0 Å². The summed E-state index contributed by atoms with van der Waals surface area (Å²) in [5.74, 6) is 1.08. The van der Waals surface area contributed by atoms with Crippen molar-refractivity contribution < 1.29 is 4.79 Å². The summed E-state index contributed by atoms with van der Waals surface area (Å²) in [6.45, 7) is 4.96. The molecule has 5 heteroatoms. The molecular weight excluding hydrogens is 216 g/mol. The van der Waals surface area contributed by atoms with Crippen LogP contribution in [0.2, 0.25) is 0 Å². The van der Waals surface area contributed by atoms with E-state index in [0.717, 1.165) is 38.1 Å².